The first kappa shape index (κ1) is 72.5. The number of nitrogens with zero attached hydrogens (tertiary/aromatic N) is 1. The van der Waals surface area contributed by atoms with Gasteiger partial charge in [0.05, 0.1) is 39.9 Å². The highest BCUT2D eigenvalue weighted by molar-refractivity contribution is 7.45. The fourth-order valence-corrected chi connectivity index (χ4v) is 11.2. The van der Waals surface area contributed by atoms with Crippen molar-refractivity contribution in [3.8, 4) is 0 Å². The lowest BCUT2D eigenvalue weighted by Gasteiger charge is -2.30. The van der Waals surface area contributed by atoms with Gasteiger partial charge in [0.1, 0.15) is 13.2 Å². The van der Waals surface area contributed by atoms with Gasteiger partial charge in [-0.15, -0.1) is 0 Å². The number of phosphoric ester groups is 1. The van der Waals surface area contributed by atoms with Crippen LogP contribution in [0.25, 0.3) is 0 Å². The monoisotopic (exact) mass is 1050 g/mol. The van der Waals surface area contributed by atoms with Gasteiger partial charge in [0, 0.05) is 6.42 Å². The summed E-state index contributed by atoms with van der Waals surface area (Å²) in [5.74, 6) is -0.158. The zero-order valence-electron chi connectivity index (χ0n) is 50.1. The molecule has 0 bridgehead atoms. The molecule has 3 atom stereocenters. The number of amides is 1. The van der Waals surface area contributed by atoms with Crippen molar-refractivity contribution < 1.29 is 32.9 Å². The zero-order valence-corrected chi connectivity index (χ0v) is 51.0. The summed E-state index contributed by atoms with van der Waals surface area (Å²) in [5.41, 5.74) is 0. The molecule has 0 fully saturated rings. The van der Waals surface area contributed by atoms with E-state index in [0.29, 0.717) is 23.9 Å². The Morgan fingerprint density at radius 1 is 0.425 bits per heavy atom. The lowest BCUT2D eigenvalue weighted by atomic mass is 10.0. The second-order valence-corrected chi connectivity index (χ2v) is 25.6. The predicted octanol–water partition coefficient (Wildman–Crippen LogP) is 19.8. The average molecular weight is 1060 g/mol. The summed E-state index contributed by atoms with van der Waals surface area (Å²) in [5, 5.41) is 13.9. The summed E-state index contributed by atoms with van der Waals surface area (Å²) in [6, 6.07) is -0.794. The second-order valence-electron chi connectivity index (χ2n) is 24.2. The lowest BCUT2D eigenvalue weighted by Crippen LogP contribution is -2.46. The van der Waals surface area contributed by atoms with Gasteiger partial charge >= 0.3 is 0 Å². The number of quaternary nitrogens is 1. The Hall–Kier alpha value is -0.500. The third-order valence-electron chi connectivity index (χ3n) is 15.6. The van der Waals surface area contributed by atoms with Crippen LogP contribution in [0.2, 0.25) is 0 Å². The smallest absolute Gasteiger partial charge is 0.268 e. The lowest BCUT2D eigenvalue weighted by molar-refractivity contribution is -0.870. The summed E-state index contributed by atoms with van der Waals surface area (Å²) in [6.07, 6.45) is 69.3. The van der Waals surface area contributed by atoms with E-state index in [9.17, 15) is 19.4 Å². The van der Waals surface area contributed by atoms with Gasteiger partial charge in [-0.1, -0.05) is 335 Å². The molecule has 0 radical (unpaired) electrons. The number of hydrogen-bond donors (Lipinski definition) is 2. The van der Waals surface area contributed by atoms with E-state index in [2.05, 4.69) is 19.2 Å². The first-order chi connectivity index (χ1) is 35.5. The Bertz CT molecular complexity index is 1150. The van der Waals surface area contributed by atoms with Crippen LogP contribution in [0.1, 0.15) is 354 Å². The molecule has 2 N–H and O–H groups in total. The maximum Gasteiger partial charge on any atom is 0.268 e. The molecule has 73 heavy (non-hydrogen) atoms. The molecule has 0 aliphatic rings. The van der Waals surface area contributed by atoms with Gasteiger partial charge in [-0.3, -0.25) is 9.36 Å². The molecule has 9 heteroatoms. The molecule has 0 heterocycles. The van der Waals surface area contributed by atoms with Crippen LogP contribution in [0.15, 0.2) is 0 Å². The minimum Gasteiger partial charge on any atom is -0.756 e. The minimum absolute atomic E-state index is 0.0161. The van der Waals surface area contributed by atoms with Crippen LogP contribution in [-0.4, -0.2) is 68.5 Å². The van der Waals surface area contributed by atoms with Gasteiger partial charge in [-0.25, -0.2) is 0 Å². The fourth-order valence-electron chi connectivity index (χ4n) is 10.5. The molecule has 0 aromatic carbocycles. The number of aliphatic hydroxyl groups excluding tert-OH is 1. The highest BCUT2D eigenvalue weighted by Crippen LogP contribution is 2.38. The fraction of sp³-hybridized carbons (Fsp3) is 0.984. The number of phosphoric acid groups is 1. The van der Waals surface area contributed by atoms with Gasteiger partial charge in [-0.05, 0) is 12.8 Å². The Labute approximate surface area is 457 Å². The van der Waals surface area contributed by atoms with Crippen molar-refractivity contribution >= 4 is 13.7 Å². The van der Waals surface area contributed by atoms with E-state index in [-0.39, 0.29) is 19.1 Å². The van der Waals surface area contributed by atoms with Crippen molar-refractivity contribution in [2.75, 3.05) is 40.9 Å². The molecule has 438 valence electrons. The van der Waals surface area contributed by atoms with Crippen molar-refractivity contribution in [3.63, 3.8) is 0 Å². The number of likely N-dealkylation sites (N-methyl/N-ethyl adjacent to an activating group) is 1. The first-order valence-corrected chi connectivity index (χ1v) is 34.3. The molecular weight excluding hydrogens is 924 g/mol. The first-order valence-electron chi connectivity index (χ1n) is 32.9. The summed E-state index contributed by atoms with van der Waals surface area (Å²) >= 11 is 0. The van der Waals surface area contributed by atoms with E-state index in [4.69, 9.17) is 9.05 Å². The van der Waals surface area contributed by atoms with Crippen LogP contribution >= 0.6 is 7.82 Å². The highest BCUT2D eigenvalue weighted by atomic mass is 31.2. The second kappa shape index (κ2) is 56.2. The molecule has 0 spiro atoms. The SMILES string of the molecule is CCCCCCCCCCCCCCCCCCCCCCCCCCCCCCCCCCCCCCCCCCCC(=O)NC(COP(=O)([O-])OCC[N+](C)(C)C)C(O)CCCCCCCCCCCC. The molecule has 0 saturated carbocycles. The molecule has 0 rings (SSSR count). The van der Waals surface area contributed by atoms with Crippen molar-refractivity contribution in [1.29, 1.82) is 0 Å². The number of carbonyl (C=O) groups is 1. The summed E-state index contributed by atoms with van der Waals surface area (Å²) in [4.78, 5) is 25.4. The van der Waals surface area contributed by atoms with Gasteiger partial charge < -0.3 is 28.8 Å². The molecule has 0 aliphatic heterocycles. The van der Waals surface area contributed by atoms with Crippen molar-refractivity contribution in [3.05, 3.63) is 0 Å². The number of aliphatic hydroxyl groups is 1. The largest absolute Gasteiger partial charge is 0.756 e. The van der Waals surface area contributed by atoms with E-state index in [1.165, 1.54) is 289 Å². The third-order valence-corrected chi connectivity index (χ3v) is 16.6. The van der Waals surface area contributed by atoms with Crippen molar-refractivity contribution in [2.45, 2.75) is 366 Å². The number of rotatable bonds is 62. The quantitative estimate of drug-likeness (QED) is 0.0357. The number of unbranched alkanes of at least 4 members (excludes halogenated alkanes) is 49. The Balaban J connectivity index is 3.70. The van der Waals surface area contributed by atoms with Crippen LogP contribution in [0.4, 0.5) is 0 Å². The van der Waals surface area contributed by atoms with Crippen LogP contribution in [0.5, 0.6) is 0 Å². The summed E-state index contributed by atoms with van der Waals surface area (Å²) in [7, 11) is 1.32. The molecule has 0 aromatic rings. The summed E-state index contributed by atoms with van der Waals surface area (Å²) in [6.45, 7) is 4.75. The van der Waals surface area contributed by atoms with E-state index < -0.39 is 20.0 Å². The van der Waals surface area contributed by atoms with Gasteiger partial charge in [-0.2, -0.15) is 0 Å². The number of hydrogen-bond acceptors (Lipinski definition) is 6. The standard InChI is InChI=1S/C64H131N2O6P/c1-6-8-10-12-14-16-18-19-20-21-22-23-24-25-26-27-28-29-30-31-32-33-34-35-36-37-38-39-40-41-42-43-44-45-46-47-48-50-52-54-56-58-64(68)65-62(61-72-73(69,70)71-60-59-66(3,4)5)63(67)57-55-53-51-49-17-15-13-11-9-7-2/h62-63,67H,6-61H2,1-5H3,(H-,65,68,69,70). The Kier molecular flexibility index (Phi) is 55.8. The number of nitrogens with one attached hydrogen (secondary N) is 1. The molecule has 0 saturated heterocycles. The maximum absolute atomic E-state index is 12.9. The Morgan fingerprint density at radius 3 is 0.932 bits per heavy atom. The van der Waals surface area contributed by atoms with Crippen LogP contribution < -0.4 is 10.2 Å². The summed E-state index contributed by atoms with van der Waals surface area (Å²) < 4.78 is 23.3. The molecular formula is C64H131N2O6P. The van der Waals surface area contributed by atoms with Crippen LogP contribution in [0.3, 0.4) is 0 Å². The van der Waals surface area contributed by atoms with E-state index >= 15 is 0 Å². The van der Waals surface area contributed by atoms with E-state index in [1.807, 2.05) is 21.1 Å². The molecule has 0 aliphatic carbocycles. The highest BCUT2D eigenvalue weighted by Gasteiger charge is 2.24. The van der Waals surface area contributed by atoms with Gasteiger partial charge in [0.15, 0.2) is 0 Å². The molecule has 1 amide bonds. The van der Waals surface area contributed by atoms with Gasteiger partial charge in [0.25, 0.3) is 7.82 Å². The van der Waals surface area contributed by atoms with Gasteiger partial charge in [0.2, 0.25) is 5.91 Å². The predicted molar refractivity (Wildman–Crippen MR) is 316 cm³/mol. The normalized spacial score (nSPS) is 13.7. The third kappa shape index (κ3) is 59.0. The van der Waals surface area contributed by atoms with Crippen molar-refractivity contribution in [2.24, 2.45) is 0 Å². The van der Waals surface area contributed by atoms with E-state index in [0.717, 1.165) is 38.5 Å². The average Bonchev–Trinajstić information content (AvgIpc) is 3.35. The van der Waals surface area contributed by atoms with Crippen LogP contribution in [0, 0.1) is 0 Å². The minimum atomic E-state index is -4.56. The molecule has 0 aromatic heterocycles. The number of carbonyl (C=O) groups excluding carboxylic acids is 1. The molecule has 8 nitrogen and oxygen atoms in total. The Morgan fingerprint density at radius 2 is 0.671 bits per heavy atom. The maximum atomic E-state index is 12.9. The zero-order chi connectivity index (χ0) is 53.5. The van der Waals surface area contributed by atoms with Crippen LogP contribution in [-0.2, 0) is 18.4 Å². The van der Waals surface area contributed by atoms with E-state index in [1.54, 1.807) is 0 Å². The topological polar surface area (TPSA) is 108 Å². The van der Waals surface area contributed by atoms with Crippen molar-refractivity contribution in [1.82, 2.24) is 5.32 Å². The molecule has 3 unspecified atom stereocenters.